The number of methoxy groups -OCH3 is 1. The Hall–Kier alpha value is -4.19. The van der Waals surface area contributed by atoms with Crippen molar-refractivity contribution in [1.82, 2.24) is 9.97 Å². The minimum absolute atomic E-state index is 0.212. The van der Waals surface area contributed by atoms with Crippen molar-refractivity contribution in [1.29, 1.82) is 0 Å². The average molecular weight is 411 g/mol. The van der Waals surface area contributed by atoms with Crippen molar-refractivity contribution in [3.05, 3.63) is 96.3 Å². The molecule has 1 amide bonds. The maximum Gasteiger partial charge on any atom is 0.255 e. The highest BCUT2D eigenvalue weighted by molar-refractivity contribution is 6.04. The van der Waals surface area contributed by atoms with Crippen LogP contribution in [-0.4, -0.2) is 23.0 Å². The summed E-state index contributed by atoms with van der Waals surface area (Å²) >= 11 is 0. The predicted octanol–water partition coefficient (Wildman–Crippen LogP) is 5.51. The third kappa shape index (κ3) is 5.05. The van der Waals surface area contributed by atoms with Gasteiger partial charge in [-0.15, -0.1) is 0 Å². The van der Waals surface area contributed by atoms with E-state index in [-0.39, 0.29) is 5.91 Å². The maximum absolute atomic E-state index is 12.6. The molecule has 0 radical (unpaired) electrons. The number of anilines is 1. The molecule has 1 N–H and O–H groups in total. The molecular weight excluding hydrogens is 390 g/mol. The Kier molecular flexibility index (Phi) is 5.89. The molecule has 6 nitrogen and oxygen atoms in total. The zero-order valence-corrected chi connectivity index (χ0v) is 17.2. The summed E-state index contributed by atoms with van der Waals surface area (Å²) in [5, 5.41) is 2.89. The molecular formula is C25H21N3O3. The van der Waals surface area contributed by atoms with Crippen LogP contribution in [0.4, 0.5) is 5.69 Å². The number of hydrogen-bond donors (Lipinski definition) is 1. The van der Waals surface area contributed by atoms with Gasteiger partial charge in [0.2, 0.25) is 5.88 Å². The Balaban J connectivity index is 1.49. The van der Waals surface area contributed by atoms with E-state index < -0.39 is 0 Å². The Morgan fingerprint density at radius 2 is 1.65 bits per heavy atom. The lowest BCUT2D eigenvalue weighted by Gasteiger charge is -2.09. The summed E-state index contributed by atoms with van der Waals surface area (Å²) in [6.45, 7) is 2.00. The summed E-state index contributed by atoms with van der Waals surface area (Å²) in [6, 6.07) is 23.9. The lowest BCUT2D eigenvalue weighted by atomic mass is 10.1. The second-order valence-electron chi connectivity index (χ2n) is 6.92. The lowest BCUT2D eigenvalue weighted by molar-refractivity contribution is 0.102. The molecule has 154 valence electrons. The van der Waals surface area contributed by atoms with Crippen LogP contribution in [0.15, 0.2) is 85.2 Å². The van der Waals surface area contributed by atoms with Crippen LogP contribution in [0.5, 0.6) is 17.4 Å². The second kappa shape index (κ2) is 9.09. The Morgan fingerprint density at radius 1 is 0.871 bits per heavy atom. The zero-order chi connectivity index (χ0) is 21.6. The number of aromatic nitrogens is 2. The molecule has 31 heavy (non-hydrogen) atoms. The van der Waals surface area contributed by atoms with Crippen LogP contribution in [0.1, 0.15) is 15.9 Å². The van der Waals surface area contributed by atoms with Crippen molar-refractivity contribution in [3.8, 4) is 28.6 Å². The highest BCUT2D eigenvalue weighted by atomic mass is 16.5. The molecule has 1 heterocycles. The minimum Gasteiger partial charge on any atom is -0.497 e. The Morgan fingerprint density at radius 3 is 2.39 bits per heavy atom. The summed E-state index contributed by atoms with van der Waals surface area (Å²) in [7, 11) is 1.63. The van der Waals surface area contributed by atoms with Gasteiger partial charge in [-0.3, -0.25) is 4.79 Å². The van der Waals surface area contributed by atoms with Crippen LogP contribution in [0.25, 0.3) is 11.3 Å². The van der Waals surface area contributed by atoms with E-state index in [1.807, 2.05) is 55.5 Å². The van der Waals surface area contributed by atoms with E-state index in [2.05, 4.69) is 15.3 Å². The van der Waals surface area contributed by atoms with Gasteiger partial charge in [0.05, 0.1) is 12.8 Å². The van der Waals surface area contributed by atoms with Gasteiger partial charge in [-0.2, -0.15) is 0 Å². The van der Waals surface area contributed by atoms with Gasteiger partial charge in [-0.1, -0.05) is 23.8 Å². The number of benzene rings is 3. The van der Waals surface area contributed by atoms with Crippen LogP contribution in [0, 0.1) is 6.92 Å². The fourth-order valence-electron chi connectivity index (χ4n) is 2.98. The number of nitrogens with zero attached hydrogens (tertiary/aromatic N) is 2. The maximum atomic E-state index is 12.6. The summed E-state index contributed by atoms with van der Waals surface area (Å²) in [5.74, 6) is 1.46. The fraction of sp³-hybridized carbons (Fsp3) is 0.0800. The summed E-state index contributed by atoms with van der Waals surface area (Å²) in [6.07, 6.45) is 1.45. The van der Waals surface area contributed by atoms with Crippen LogP contribution < -0.4 is 14.8 Å². The smallest absolute Gasteiger partial charge is 0.255 e. The molecule has 0 aliphatic carbocycles. The first-order valence-electron chi connectivity index (χ1n) is 9.73. The first kappa shape index (κ1) is 20.1. The quantitative estimate of drug-likeness (QED) is 0.453. The first-order chi connectivity index (χ1) is 15.1. The molecule has 0 saturated carbocycles. The highest BCUT2D eigenvalue weighted by Gasteiger charge is 2.09. The molecule has 6 heteroatoms. The summed E-state index contributed by atoms with van der Waals surface area (Å²) in [5.41, 5.74) is 4.00. The Bertz CT molecular complexity index is 1190. The molecule has 0 unspecified atom stereocenters. The molecule has 0 aliphatic rings. The van der Waals surface area contributed by atoms with E-state index in [1.54, 1.807) is 37.4 Å². The molecule has 3 aromatic carbocycles. The lowest BCUT2D eigenvalue weighted by Crippen LogP contribution is -2.11. The number of aryl methyl sites for hydroxylation is 1. The van der Waals surface area contributed by atoms with Gasteiger partial charge in [0.25, 0.3) is 5.91 Å². The number of ether oxygens (including phenoxy) is 2. The van der Waals surface area contributed by atoms with E-state index in [1.165, 1.54) is 6.33 Å². The summed E-state index contributed by atoms with van der Waals surface area (Å²) in [4.78, 5) is 21.1. The van der Waals surface area contributed by atoms with Crippen LogP contribution in [0.3, 0.4) is 0 Å². The van der Waals surface area contributed by atoms with Crippen LogP contribution in [-0.2, 0) is 0 Å². The van der Waals surface area contributed by atoms with E-state index in [9.17, 15) is 4.79 Å². The number of carbonyl (C=O) groups excluding carboxylic acids is 1. The number of carbonyl (C=O) groups is 1. The van der Waals surface area contributed by atoms with Gasteiger partial charge in [0.15, 0.2) is 0 Å². The van der Waals surface area contributed by atoms with Crippen LogP contribution >= 0.6 is 0 Å². The summed E-state index contributed by atoms with van der Waals surface area (Å²) < 4.78 is 11.1. The number of nitrogens with one attached hydrogen (secondary N) is 1. The molecule has 4 rings (SSSR count). The molecule has 0 saturated heterocycles. The topological polar surface area (TPSA) is 73.3 Å². The van der Waals surface area contributed by atoms with E-state index in [0.29, 0.717) is 17.2 Å². The third-order valence-electron chi connectivity index (χ3n) is 4.66. The molecule has 0 bridgehead atoms. The normalized spacial score (nSPS) is 10.4. The van der Waals surface area contributed by atoms with Crippen molar-refractivity contribution in [2.75, 3.05) is 12.4 Å². The van der Waals surface area contributed by atoms with Crippen molar-refractivity contribution in [2.45, 2.75) is 6.92 Å². The zero-order valence-electron chi connectivity index (χ0n) is 17.2. The van der Waals surface area contributed by atoms with Gasteiger partial charge in [-0.05, 0) is 61.5 Å². The van der Waals surface area contributed by atoms with Gasteiger partial charge < -0.3 is 14.8 Å². The van der Waals surface area contributed by atoms with E-state index >= 15 is 0 Å². The highest BCUT2D eigenvalue weighted by Crippen LogP contribution is 2.26. The number of hydrogen-bond acceptors (Lipinski definition) is 5. The van der Waals surface area contributed by atoms with Crippen molar-refractivity contribution in [3.63, 3.8) is 0 Å². The molecule has 1 aromatic heterocycles. The largest absolute Gasteiger partial charge is 0.497 e. The average Bonchev–Trinajstić information content (AvgIpc) is 2.81. The van der Waals surface area contributed by atoms with Crippen molar-refractivity contribution < 1.29 is 14.3 Å². The van der Waals surface area contributed by atoms with E-state index in [0.717, 1.165) is 28.3 Å². The van der Waals surface area contributed by atoms with Crippen molar-refractivity contribution in [2.24, 2.45) is 0 Å². The molecule has 0 aliphatic heterocycles. The standard InChI is InChI=1S/C25H21N3O3/c1-17-6-10-20(11-7-17)28-25(29)19-4-3-5-22(14-19)31-24-15-23(26-16-27-24)18-8-12-21(30-2)13-9-18/h3-16H,1-2H3,(H,28,29). The number of amides is 1. The first-order valence-corrected chi connectivity index (χ1v) is 9.73. The van der Waals surface area contributed by atoms with Gasteiger partial charge >= 0.3 is 0 Å². The van der Waals surface area contributed by atoms with E-state index in [4.69, 9.17) is 9.47 Å². The molecule has 0 atom stereocenters. The van der Waals surface area contributed by atoms with Gasteiger partial charge in [0, 0.05) is 22.9 Å². The predicted molar refractivity (Wildman–Crippen MR) is 120 cm³/mol. The second-order valence-corrected chi connectivity index (χ2v) is 6.92. The third-order valence-corrected chi connectivity index (χ3v) is 4.66. The number of rotatable bonds is 6. The molecule has 0 fully saturated rings. The van der Waals surface area contributed by atoms with Crippen molar-refractivity contribution >= 4 is 11.6 Å². The van der Waals surface area contributed by atoms with Gasteiger partial charge in [0.1, 0.15) is 17.8 Å². The van der Waals surface area contributed by atoms with Crippen LogP contribution in [0.2, 0.25) is 0 Å². The van der Waals surface area contributed by atoms with Gasteiger partial charge in [-0.25, -0.2) is 9.97 Å². The monoisotopic (exact) mass is 411 g/mol. The minimum atomic E-state index is -0.212. The molecule has 4 aromatic rings. The fourth-order valence-corrected chi connectivity index (χ4v) is 2.98. The molecule has 0 spiro atoms. The Labute approximate surface area is 180 Å². The SMILES string of the molecule is COc1ccc(-c2cc(Oc3cccc(C(=O)Nc4ccc(C)cc4)c3)ncn2)cc1.